The van der Waals surface area contributed by atoms with Gasteiger partial charge in [0.2, 0.25) is 5.91 Å². The maximum atomic E-state index is 12.1. The highest BCUT2D eigenvalue weighted by Crippen LogP contribution is 2.14. The van der Waals surface area contributed by atoms with Crippen LogP contribution in [0.4, 0.5) is 0 Å². The Bertz CT molecular complexity index is 655. The number of hydrogen-bond donors (Lipinski definition) is 3. The summed E-state index contributed by atoms with van der Waals surface area (Å²) in [5.41, 5.74) is 0.898. The zero-order valence-corrected chi connectivity index (χ0v) is 12.5. The quantitative estimate of drug-likeness (QED) is 0.798. The summed E-state index contributed by atoms with van der Waals surface area (Å²) in [5, 5.41) is 13.2. The molecule has 1 aromatic heterocycles. The van der Waals surface area contributed by atoms with Crippen molar-refractivity contribution in [2.24, 2.45) is 0 Å². The zero-order valence-electron chi connectivity index (χ0n) is 12.5. The number of hydrogen-bond acceptors (Lipinski definition) is 3. The summed E-state index contributed by atoms with van der Waals surface area (Å²) >= 11 is 0. The molecular weight excluding hydrogens is 268 g/mol. The van der Waals surface area contributed by atoms with Crippen LogP contribution in [-0.2, 0) is 4.79 Å². The number of H-pyrrole nitrogens is 1. The van der Waals surface area contributed by atoms with E-state index >= 15 is 0 Å². The topological polar surface area (TPSA) is 86.9 Å². The maximum absolute atomic E-state index is 12.1. The number of aromatic amines is 1. The second-order valence-corrected chi connectivity index (χ2v) is 5.92. The molecule has 1 aromatic carbocycles. The van der Waals surface area contributed by atoms with Gasteiger partial charge in [0.25, 0.3) is 5.91 Å². The van der Waals surface area contributed by atoms with E-state index in [1.807, 2.05) is 45.0 Å². The molecule has 0 aliphatic rings. The molecule has 0 atom stereocenters. The van der Waals surface area contributed by atoms with Crippen molar-refractivity contribution in [3.05, 3.63) is 30.0 Å². The number of para-hydroxylation sites is 1. The van der Waals surface area contributed by atoms with Crippen LogP contribution in [0.3, 0.4) is 0 Å². The van der Waals surface area contributed by atoms with Gasteiger partial charge in [-0.05, 0) is 26.8 Å². The molecule has 1 heterocycles. The summed E-state index contributed by atoms with van der Waals surface area (Å²) in [6.45, 7) is 6.03. The minimum Gasteiger partial charge on any atom is -0.351 e. The second kappa shape index (κ2) is 5.95. The van der Waals surface area contributed by atoms with Crippen molar-refractivity contribution in [1.82, 2.24) is 20.8 Å². The Balaban J connectivity index is 1.89. The molecule has 0 aliphatic carbocycles. The van der Waals surface area contributed by atoms with Crippen LogP contribution in [-0.4, -0.2) is 34.1 Å². The first-order valence-corrected chi connectivity index (χ1v) is 6.89. The van der Waals surface area contributed by atoms with Crippen LogP contribution in [0.15, 0.2) is 24.3 Å². The Hall–Kier alpha value is -2.37. The summed E-state index contributed by atoms with van der Waals surface area (Å²) in [6, 6.07) is 7.42. The number of benzene rings is 1. The lowest BCUT2D eigenvalue weighted by Crippen LogP contribution is -2.42. The molecular formula is C15H20N4O2. The van der Waals surface area contributed by atoms with Crippen LogP contribution in [0.5, 0.6) is 0 Å². The Kier molecular flexibility index (Phi) is 4.26. The van der Waals surface area contributed by atoms with Gasteiger partial charge in [-0.2, -0.15) is 5.10 Å². The first-order valence-electron chi connectivity index (χ1n) is 6.89. The lowest BCUT2D eigenvalue weighted by molar-refractivity contribution is -0.122. The summed E-state index contributed by atoms with van der Waals surface area (Å²) in [7, 11) is 0. The highest BCUT2D eigenvalue weighted by atomic mass is 16.2. The number of nitrogens with one attached hydrogen (secondary N) is 3. The number of rotatable bonds is 4. The predicted molar refractivity (Wildman–Crippen MR) is 80.9 cm³/mol. The number of carbonyl (C=O) groups excluding carboxylic acids is 2. The minimum absolute atomic E-state index is 0.0883. The summed E-state index contributed by atoms with van der Waals surface area (Å²) in [5.74, 6) is -0.370. The Morgan fingerprint density at radius 3 is 2.67 bits per heavy atom. The first kappa shape index (κ1) is 15.0. The molecule has 0 spiro atoms. The number of carbonyl (C=O) groups is 2. The van der Waals surface area contributed by atoms with Crippen molar-refractivity contribution < 1.29 is 9.59 Å². The molecule has 6 nitrogen and oxygen atoms in total. The fraction of sp³-hybridized carbons (Fsp3) is 0.400. The Morgan fingerprint density at radius 1 is 1.24 bits per heavy atom. The van der Waals surface area contributed by atoms with E-state index in [0.29, 0.717) is 5.69 Å². The minimum atomic E-state index is -0.281. The molecule has 0 unspecified atom stereocenters. The molecule has 0 radical (unpaired) electrons. The molecule has 0 bridgehead atoms. The fourth-order valence-electron chi connectivity index (χ4n) is 1.99. The number of fused-ring (bicyclic) bond motifs is 1. The van der Waals surface area contributed by atoms with Crippen molar-refractivity contribution in [3.8, 4) is 0 Å². The molecule has 0 saturated carbocycles. The molecule has 0 aliphatic heterocycles. The van der Waals surface area contributed by atoms with E-state index < -0.39 is 0 Å². The van der Waals surface area contributed by atoms with E-state index in [2.05, 4.69) is 20.8 Å². The third-order valence-corrected chi connectivity index (χ3v) is 2.84. The Morgan fingerprint density at radius 2 is 1.95 bits per heavy atom. The smallest absolute Gasteiger partial charge is 0.272 e. The number of nitrogens with zero attached hydrogens (tertiary/aromatic N) is 1. The van der Waals surface area contributed by atoms with Crippen LogP contribution in [0, 0.1) is 0 Å². The van der Waals surface area contributed by atoms with Crippen LogP contribution >= 0.6 is 0 Å². The van der Waals surface area contributed by atoms with Gasteiger partial charge in [0.05, 0.1) is 5.52 Å². The SMILES string of the molecule is CC(C)(C)NC(=O)CCNC(=O)c1n[nH]c2ccccc12. The Labute approximate surface area is 123 Å². The third-order valence-electron chi connectivity index (χ3n) is 2.84. The molecule has 0 fully saturated rings. The van der Waals surface area contributed by atoms with Crippen LogP contribution < -0.4 is 10.6 Å². The number of aromatic nitrogens is 2. The van der Waals surface area contributed by atoms with Gasteiger partial charge >= 0.3 is 0 Å². The molecule has 0 saturated heterocycles. The lowest BCUT2D eigenvalue weighted by atomic mass is 10.1. The van der Waals surface area contributed by atoms with E-state index in [-0.39, 0.29) is 30.3 Å². The van der Waals surface area contributed by atoms with Crippen LogP contribution in [0.1, 0.15) is 37.7 Å². The second-order valence-electron chi connectivity index (χ2n) is 5.92. The average molecular weight is 288 g/mol. The van der Waals surface area contributed by atoms with E-state index in [0.717, 1.165) is 10.9 Å². The molecule has 6 heteroatoms. The van der Waals surface area contributed by atoms with Gasteiger partial charge in [0, 0.05) is 23.9 Å². The lowest BCUT2D eigenvalue weighted by Gasteiger charge is -2.20. The molecule has 2 amide bonds. The van der Waals surface area contributed by atoms with Gasteiger partial charge in [-0.25, -0.2) is 0 Å². The van der Waals surface area contributed by atoms with E-state index in [1.54, 1.807) is 0 Å². The summed E-state index contributed by atoms with van der Waals surface area (Å²) in [6.07, 6.45) is 0.241. The zero-order chi connectivity index (χ0) is 15.5. The molecule has 2 aromatic rings. The largest absolute Gasteiger partial charge is 0.351 e. The van der Waals surface area contributed by atoms with Crippen LogP contribution in [0.2, 0.25) is 0 Å². The monoisotopic (exact) mass is 288 g/mol. The first-order chi connectivity index (χ1) is 9.87. The maximum Gasteiger partial charge on any atom is 0.272 e. The van der Waals surface area contributed by atoms with Gasteiger partial charge < -0.3 is 10.6 Å². The highest BCUT2D eigenvalue weighted by molar-refractivity contribution is 6.04. The van der Waals surface area contributed by atoms with E-state index in [9.17, 15) is 9.59 Å². The van der Waals surface area contributed by atoms with E-state index in [4.69, 9.17) is 0 Å². The highest BCUT2D eigenvalue weighted by Gasteiger charge is 2.15. The van der Waals surface area contributed by atoms with Crippen molar-refractivity contribution in [1.29, 1.82) is 0 Å². The van der Waals surface area contributed by atoms with Crippen molar-refractivity contribution in [2.75, 3.05) is 6.54 Å². The fourth-order valence-corrected chi connectivity index (χ4v) is 1.99. The van der Waals surface area contributed by atoms with Crippen molar-refractivity contribution in [2.45, 2.75) is 32.7 Å². The molecule has 112 valence electrons. The molecule has 3 N–H and O–H groups in total. The van der Waals surface area contributed by atoms with Crippen molar-refractivity contribution in [3.63, 3.8) is 0 Å². The van der Waals surface area contributed by atoms with Crippen LogP contribution in [0.25, 0.3) is 10.9 Å². The summed E-state index contributed by atoms with van der Waals surface area (Å²) in [4.78, 5) is 23.7. The third kappa shape index (κ3) is 4.05. The molecule has 2 rings (SSSR count). The van der Waals surface area contributed by atoms with Gasteiger partial charge in [0.1, 0.15) is 0 Å². The van der Waals surface area contributed by atoms with Gasteiger partial charge in [-0.3, -0.25) is 14.7 Å². The standard InChI is InChI=1S/C15H20N4O2/c1-15(2,3)17-12(20)8-9-16-14(21)13-10-6-4-5-7-11(10)18-19-13/h4-7H,8-9H2,1-3H3,(H,16,21)(H,17,20)(H,18,19). The number of amides is 2. The summed E-state index contributed by atoms with van der Waals surface area (Å²) < 4.78 is 0. The van der Waals surface area contributed by atoms with Gasteiger partial charge in [0.15, 0.2) is 5.69 Å². The van der Waals surface area contributed by atoms with E-state index in [1.165, 1.54) is 0 Å². The molecule has 21 heavy (non-hydrogen) atoms. The van der Waals surface area contributed by atoms with Gasteiger partial charge in [-0.15, -0.1) is 0 Å². The normalized spacial score (nSPS) is 11.4. The van der Waals surface area contributed by atoms with Crippen molar-refractivity contribution >= 4 is 22.7 Å². The predicted octanol–water partition coefficient (Wildman–Crippen LogP) is 1.60. The average Bonchev–Trinajstić information content (AvgIpc) is 2.80. The van der Waals surface area contributed by atoms with Gasteiger partial charge in [-0.1, -0.05) is 18.2 Å².